The summed E-state index contributed by atoms with van der Waals surface area (Å²) in [5.41, 5.74) is -0.604. The molecule has 0 fully saturated rings. The number of rotatable bonds is 3. The molecule has 0 aromatic carbocycles. The normalized spacial score (nSPS) is 12.2. The van der Waals surface area contributed by atoms with Gasteiger partial charge >= 0.3 is 6.09 Å². The van der Waals surface area contributed by atoms with Crippen molar-refractivity contribution >= 4 is 12.0 Å². The fraction of sp³-hybridized carbons (Fsp3) is 0.636. The first-order valence-electron chi connectivity index (χ1n) is 4.94. The van der Waals surface area contributed by atoms with Crippen molar-refractivity contribution in [2.45, 2.75) is 38.8 Å². The Morgan fingerprint density at radius 1 is 1.44 bits per heavy atom. The molecule has 1 atom stereocenters. The molecule has 0 bridgehead atoms. The third kappa shape index (κ3) is 5.91. The zero-order chi connectivity index (χ0) is 12.8. The Bertz CT molecular complexity index is 299. The summed E-state index contributed by atoms with van der Waals surface area (Å²) < 4.78 is 5.01. The maximum atomic E-state index is 11.4. The molecule has 0 heterocycles. The molecular weight excluding hydrogens is 208 g/mol. The van der Waals surface area contributed by atoms with Crippen LogP contribution in [0.15, 0.2) is 0 Å². The molecule has 0 radical (unpaired) electrons. The third-order valence-electron chi connectivity index (χ3n) is 1.58. The van der Waals surface area contributed by atoms with Crippen molar-refractivity contribution in [2.24, 2.45) is 0 Å². The van der Waals surface area contributed by atoms with E-state index in [1.165, 1.54) is 7.05 Å². The molecular formula is C11H18N2O3. The number of hydrogen-bond donors (Lipinski definition) is 2. The SMILES string of the molecule is C#CCC(NC(=O)OC(C)(C)C)C(=O)NC. The Kier molecular flexibility index (Phi) is 5.37. The van der Waals surface area contributed by atoms with Crippen LogP contribution < -0.4 is 10.6 Å². The quantitative estimate of drug-likeness (QED) is 0.694. The lowest BCUT2D eigenvalue weighted by molar-refractivity contribution is -0.122. The lowest BCUT2D eigenvalue weighted by Crippen LogP contribution is -2.47. The summed E-state index contributed by atoms with van der Waals surface area (Å²) in [4.78, 5) is 22.7. The second kappa shape index (κ2) is 6.01. The lowest BCUT2D eigenvalue weighted by atomic mass is 10.2. The highest BCUT2D eigenvalue weighted by Gasteiger charge is 2.22. The Hall–Kier alpha value is -1.70. The van der Waals surface area contributed by atoms with Crippen LogP contribution in [-0.4, -0.2) is 30.7 Å². The minimum Gasteiger partial charge on any atom is -0.444 e. The molecule has 0 aliphatic carbocycles. The number of carbonyl (C=O) groups excluding carboxylic acids is 2. The average Bonchev–Trinajstić information content (AvgIpc) is 2.13. The van der Waals surface area contributed by atoms with Crippen LogP contribution in [0.4, 0.5) is 4.79 Å². The number of carbonyl (C=O) groups is 2. The monoisotopic (exact) mass is 226 g/mol. The van der Waals surface area contributed by atoms with Crippen LogP contribution in [0.5, 0.6) is 0 Å². The fourth-order valence-corrected chi connectivity index (χ4v) is 0.951. The third-order valence-corrected chi connectivity index (χ3v) is 1.58. The van der Waals surface area contributed by atoms with E-state index in [9.17, 15) is 9.59 Å². The molecule has 16 heavy (non-hydrogen) atoms. The van der Waals surface area contributed by atoms with Gasteiger partial charge in [-0.05, 0) is 20.8 Å². The predicted octanol–water partition coefficient (Wildman–Crippen LogP) is 0.649. The van der Waals surface area contributed by atoms with Crippen molar-refractivity contribution in [1.82, 2.24) is 10.6 Å². The van der Waals surface area contributed by atoms with Gasteiger partial charge in [0.15, 0.2) is 0 Å². The molecule has 2 N–H and O–H groups in total. The van der Waals surface area contributed by atoms with Crippen molar-refractivity contribution in [1.29, 1.82) is 0 Å². The van der Waals surface area contributed by atoms with Crippen LogP contribution in [-0.2, 0) is 9.53 Å². The van der Waals surface area contributed by atoms with Crippen LogP contribution in [0.25, 0.3) is 0 Å². The Labute approximate surface area is 95.9 Å². The van der Waals surface area contributed by atoms with Crippen LogP contribution in [0, 0.1) is 12.3 Å². The zero-order valence-electron chi connectivity index (χ0n) is 10.1. The molecule has 0 aliphatic rings. The maximum Gasteiger partial charge on any atom is 0.408 e. The van der Waals surface area contributed by atoms with Crippen molar-refractivity contribution in [2.75, 3.05) is 7.05 Å². The number of alkyl carbamates (subject to hydrolysis) is 1. The molecule has 1 unspecified atom stereocenters. The standard InChI is InChI=1S/C11H18N2O3/c1-6-7-8(9(14)12-5)13-10(15)16-11(2,3)4/h1,8H,7H2,2-5H3,(H,12,14)(H,13,15). The van der Waals surface area contributed by atoms with Crippen molar-refractivity contribution in [3.63, 3.8) is 0 Å². The summed E-state index contributed by atoms with van der Waals surface area (Å²) in [5, 5.41) is 4.82. The molecule has 2 amide bonds. The fourth-order valence-electron chi connectivity index (χ4n) is 0.951. The molecule has 5 nitrogen and oxygen atoms in total. The number of nitrogens with one attached hydrogen (secondary N) is 2. The van der Waals surface area contributed by atoms with E-state index < -0.39 is 17.7 Å². The number of ether oxygens (including phenoxy) is 1. The van der Waals surface area contributed by atoms with Crippen LogP contribution in [0.1, 0.15) is 27.2 Å². The molecule has 0 saturated heterocycles. The van der Waals surface area contributed by atoms with Gasteiger partial charge in [-0.3, -0.25) is 4.79 Å². The zero-order valence-corrected chi connectivity index (χ0v) is 10.1. The first kappa shape index (κ1) is 14.3. The van der Waals surface area contributed by atoms with Gasteiger partial charge < -0.3 is 15.4 Å². The minimum absolute atomic E-state index is 0.124. The van der Waals surface area contributed by atoms with E-state index in [0.29, 0.717) is 0 Å². The number of amides is 2. The summed E-state index contributed by atoms with van der Waals surface area (Å²) >= 11 is 0. The minimum atomic E-state index is -0.759. The van der Waals surface area contributed by atoms with E-state index in [0.717, 1.165) is 0 Å². The molecule has 0 rings (SSSR count). The Balaban J connectivity index is 4.36. The molecule has 0 saturated carbocycles. The summed E-state index contributed by atoms with van der Waals surface area (Å²) in [6, 6.07) is -0.759. The van der Waals surface area contributed by atoms with E-state index in [-0.39, 0.29) is 12.3 Å². The molecule has 90 valence electrons. The second-order valence-corrected chi connectivity index (χ2v) is 4.22. The van der Waals surface area contributed by atoms with Gasteiger partial charge in [0.1, 0.15) is 11.6 Å². The van der Waals surface area contributed by atoms with Gasteiger partial charge in [-0.25, -0.2) is 4.79 Å². The van der Waals surface area contributed by atoms with Crippen LogP contribution >= 0.6 is 0 Å². The van der Waals surface area contributed by atoms with Gasteiger partial charge in [-0.1, -0.05) is 0 Å². The molecule has 0 aliphatic heterocycles. The largest absolute Gasteiger partial charge is 0.444 e. The van der Waals surface area contributed by atoms with E-state index >= 15 is 0 Å². The van der Waals surface area contributed by atoms with Gasteiger partial charge in [0.2, 0.25) is 5.91 Å². The second-order valence-electron chi connectivity index (χ2n) is 4.22. The van der Waals surface area contributed by atoms with E-state index in [2.05, 4.69) is 16.6 Å². The molecule has 0 aromatic rings. The lowest BCUT2D eigenvalue weighted by Gasteiger charge is -2.22. The molecule has 5 heteroatoms. The summed E-state index contributed by atoms with van der Waals surface area (Å²) in [6.07, 6.45) is 4.57. The van der Waals surface area contributed by atoms with Gasteiger partial charge in [0.25, 0.3) is 0 Å². The smallest absolute Gasteiger partial charge is 0.408 e. The number of likely N-dealkylation sites (N-methyl/N-ethyl adjacent to an activating group) is 1. The summed E-state index contributed by atoms with van der Waals surface area (Å²) in [7, 11) is 1.47. The van der Waals surface area contributed by atoms with Gasteiger partial charge in [-0.15, -0.1) is 12.3 Å². The van der Waals surface area contributed by atoms with E-state index in [4.69, 9.17) is 11.2 Å². The van der Waals surface area contributed by atoms with Crippen LogP contribution in [0.2, 0.25) is 0 Å². The molecule has 0 aromatic heterocycles. The van der Waals surface area contributed by atoms with Crippen molar-refractivity contribution in [3.8, 4) is 12.3 Å². The predicted molar refractivity (Wildman–Crippen MR) is 60.7 cm³/mol. The van der Waals surface area contributed by atoms with E-state index in [1.807, 2.05) is 0 Å². The van der Waals surface area contributed by atoms with Gasteiger partial charge in [0.05, 0.1) is 0 Å². The van der Waals surface area contributed by atoms with Crippen LogP contribution in [0.3, 0.4) is 0 Å². The summed E-state index contributed by atoms with van der Waals surface area (Å²) in [6.45, 7) is 5.22. The number of terminal acetylenes is 1. The Morgan fingerprint density at radius 3 is 2.38 bits per heavy atom. The first-order valence-corrected chi connectivity index (χ1v) is 4.94. The topological polar surface area (TPSA) is 67.4 Å². The van der Waals surface area contributed by atoms with E-state index in [1.54, 1.807) is 20.8 Å². The number of hydrogen-bond acceptors (Lipinski definition) is 3. The highest BCUT2D eigenvalue weighted by molar-refractivity contribution is 5.85. The molecule has 0 spiro atoms. The van der Waals surface area contributed by atoms with Crippen molar-refractivity contribution < 1.29 is 14.3 Å². The average molecular weight is 226 g/mol. The highest BCUT2D eigenvalue weighted by atomic mass is 16.6. The highest BCUT2D eigenvalue weighted by Crippen LogP contribution is 2.07. The van der Waals surface area contributed by atoms with Gasteiger partial charge in [0, 0.05) is 13.5 Å². The summed E-state index contributed by atoms with van der Waals surface area (Å²) in [5.74, 6) is 1.98. The van der Waals surface area contributed by atoms with Gasteiger partial charge in [-0.2, -0.15) is 0 Å². The first-order chi connectivity index (χ1) is 7.30. The maximum absolute atomic E-state index is 11.4. The van der Waals surface area contributed by atoms with Crippen molar-refractivity contribution in [3.05, 3.63) is 0 Å². The Morgan fingerprint density at radius 2 is 2.00 bits per heavy atom.